The second kappa shape index (κ2) is 7.91. The summed E-state index contributed by atoms with van der Waals surface area (Å²) in [4.78, 5) is 32.9. The predicted octanol–water partition coefficient (Wildman–Crippen LogP) is 1.15. The number of aromatic nitrogens is 2. The molecule has 8 nitrogen and oxygen atoms in total. The lowest BCUT2D eigenvalue weighted by Gasteiger charge is -2.56. The van der Waals surface area contributed by atoms with Gasteiger partial charge in [-0.25, -0.2) is 0 Å². The van der Waals surface area contributed by atoms with Gasteiger partial charge >= 0.3 is 0 Å². The number of rotatable bonds is 3. The Morgan fingerprint density at radius 1 is 1.21 bits per heavy atom. The number of carbonyl (C=O) groups is 2. The highest BCUT2D eigenvalue weighted by Gasteiger charge is 2.52. The van der Waals surface area contributed by atoms with Crippen LogP contribution in [0.4, 0.5) is 0 Å². The zero-order valence-electron chi connectivity index (χ0n) is 17.0. The van der Waals surface area contributed by atoms with Gasteiger partial charge in [0.15, 0.2) is 0 Å². The Bertz CT molecular complexity index is 780. The molecule has 4 aliphatic rings. The monoisotopic (exact) mass is 419 g/mol. The van der Waals surface area contributed by atoms with Gasteiger partial charge in [0.05, 0.1) is 6.54 Å². The molecule has 29 heavy (non-hydrogen) atoms. The molecule has 158 valence electrons. The third kappa shape index (κ3) is 3.67. The molecule has 4 saturated heterocycles. The highest BCUT2D eigenvalue weighted by atomic mass is 32.2. The molecule has 5 rings (SSSR count). The van der Waals surface area contributed by atoms with Crippen LogP contribution in [0, 0.1) is 18.8 Å². The zero-order chi connectivity index (χ0) is 20.0. The number of carbonyl (C=O) groups excluding carboxylic acids is 2. The van der Waals surface area contributed by atoms with Crippen molar-refractivity contribution in [3.63, 3.8) is 0 Å². The van der Waals surface area contributed by atoms with Crippen LogP contribution in [-0.4, -0.2) is 86.5 Å². The van der Waals surface area contributed by atoms with E-state index >= 15 is 0 Å². The van der Waals surface area contributed by atoms with Gasteiger partial charge in [-0.1, -0.05) is 0 Å². The molecule has 4 aliphatic heterocycles. The molecule has 4 atom stereocenters. The summed E-state index contributed by atoms with van der Waals surface area (Å²) in [7, 11) is 0. The fourth-order valence-corrected chi connectivity index (χ4v) is 6.67. The van der Waals surface area contributed by atoms with Crippen molar-refractivity contribution in [2.45, 2.75) is 51.2 Å². The molecule has 0 spiro atoms. The van der Waals surface area contributed by atoms with Gasteiger partial charge in [-0.05, 0) is 25.2 Å². The molecule has 0 N–H and O–H groups in total. The average molecular weight is 420 g/mol. The number of likely N-dealkylation sites (tertiary alicyclic amines) is 1. The number of aryl methyl sites for hydroxylation is 1. The number of hydrogen-bond donors (Lipinski definition) is 0. The first-order valence-electron chi connectivity index (χ1n) is 10.8. The summed E-state index contributed by atoms with van der Waals surface area (Å²) in [6.07, 6.45) is 3.56. The molecule has 1 aromatic rings. The molecule has 5 heterocycles. The second-order valence-corrected chi connectivity index (χ2v) is 10.0. The highest BCUT2D eigenvalue weighted by molar-refractivity contribution is 7.99. The van der Waals surface area contributed by atoms with Crippen LogP contribution >= 0.6 is 11.8 Å². The van der Waals surface area contributed by atoms with Gasteiger partial charge in [0.1, 0.15) is 6.04 Å². The second-order valence-electron chi connectivity index (χ2n) is 8.81. The average Bonchev–Trinajstić information content (AvgIpc) is 3.13. The topological polar surface area (TPSA) is 82.8 Å². The highest BCUT2D eigenvalue weighted by Crippen LogP contribution is 2.42. The normalized spacial score (nSPS) is 32.9. The summed E-state index contributed by atoms with van der Waals surface area (Å²) in [5.41, 5.74) is 0. The predicted molar refractivity (Wildman–Crippen MR) is 108 cm³/mol. The number of fused-ring (bicyclic) bond motifs is 4. The Balaban J connectivity index is 1.40. The Morgan fingerprint density at radius 3 is 2.76 bits per heavy atom. The van der Waals surface area contributed by atoms with E-state index in [-0.39, 0.29) is 29.8 Å². The van der Waals surface area contributed by atoms with E-state index in [9.17, 15) is 9.59 Å². The van der Waals surface area contributed by atoms with Crippen LogP contribution in [0.1, 0.15) is 37.5 Å². The van der Waals surface area contributed by atoms with Crippen molar-refractivity contribution in [1.82, 2.24) is 24.9 Å². The van der Waals surface area contributed by atoms with Gasteiger partial charge < -0.3 is 14.2 Å². The Morgan fingerprint density at radius 2 is 2.00 bits per heavy atom. The van der Waals surface area contributed by atoms with Gasteiger partial charge in [-0.15, -0.1) is 10.2 Å². The molecule has 4 fully saturated rings. The molecule has 0 aromatic carbocycles. The lowest BCUT2D eigenvalue weighted by atomic mass is 9.71. The van der Waals surface area contributed by atoms with Crippen LogP contribution in [0.2, 0.25) is 0 Å². The van der Waals surface area contributed by atoms with Gasteiger partial charge in [-0.2, -0.15) is 11.8 Å². The molecule has 0 saturated carbocycles. The zero-order valence-corrected chi connectivity index (χ0v) is 17.8. The standard InChI is InChI=1S/C20H29N5O3S/c1-13-21-22-17(28-13)12-23-10-14-9-15(11-23)19(20(27)24-5-7-29-8-6-24)25-16(14)3-2-4-18(25)26/h14-16,19H,2-12H2,1H3/t14-,15+,16+,19-/m1/s1. The third-order valence-electron chi connectivity index (χ3n) is 6.92. The molecule has 0 unspecified atom stereocenters. The van der Waals surface area contributed by atoms with Crippen molar-refractivity contribution >= 4 is 23.6 Å². The van der Waals surface area contributed by atoms with E-state index in [1.807, 2.05) is 21.6 Å². The summed E-state index contributed by atoms with van der Waals surface area (Å²) >= 11 is 1.90. The summed E-state index contributed by atoms with van der Waals surface area (Å²) in [5.74, 6) is 4.15. The van der Waals surface area contributed by atoms with Crippen LogP contribution in [0.15, 0.2) is 4.42 Å². The minimum Gasteiger partial charge on any atom is -0.424 e. The van der Waals surface area contributed by atoms with E-state index < -0.39 is 0 Å². The van der Waals surface area contributed by atoms with E-state index in [0.717, 1.165) is 56.9 Å². The van der Waals surface area contributed by atoms with E-state index in [4.69, 9.17) is 4.42 Å². The Hall–Kier alpha value is -1.61. The van der Waals surface area contributed by atoms with Gasteiger partial charge in [0.2, 0.25) is 23.6 Å². The number of thioether (sulfide) groups is 1. The van der Waals surface area contributed by atoms with Crippen molar-refractivity contribution in [2.24, 2.45) is 11.8 Å². The van der Waals surface area contributed by atoms with Crippen LogP contribution < -0.4 is 0 Å². The first-order valence-corrected chi connectivity index (χ1v) is 11.9. The maximum atomic E-state index is 13.6. The lowest BCUT2D eigenvalue weighted by Crippen LogP contribution is -2.68. The molecule has 2 bridgehead atoms. The molecule has 0 aliphatic carbocycles. The number of piperidine rings is 3. The van der Waals surface area contributed by atoms with E-state index in [2.05, 4.69) is 15.1 Å². The SMILES string of the molecule is Cc1nnc(CN2C[C@H]3C[C@@H](C2)[C@H](C(=O)N2CCSCC2)N2C(=O)CCC[C@@H]32)o1. The molecule has 9 heteroatoms. The van der Waals surface area contributed by atoms with Crippen LogP contribution in [0.5, 0.6) is 0 Å². The lowest BCUT2D eigenvalue weighted by molar-refractivity contribution is -0.165. The largest absolute Gasteiger partial charge is 0.424 e. The summed E-state index contributed by atoms with van der Waals surface area (Å²) in [6.45, 7) is 5.75. The van der Waals surface area contributed by atoms with Crippen molar-refractivity contribution < 1.29 is 14.0 Å². The quantitative estimate of drug-likeness (QED) is 0.727. The summed E-state index contributed by atoms with van der Waals surface area (Å²) < 4.78 is 5.60. The Labute approximate surface area is 175 Å². The summed E-state index contributed by atoms with van der Waals surface area (Å²) in [5, 5.41) is 8.10. The van der Waals surface area contributed by atoms with Crippen molar-refractivity contribution in [3.05, 3.63) is 11.8 Å². The van der Waals surface area contributed by atoms with E-state index in [0.29, 0.717) is 30.7 Å². The van der Waals surface area contributed by atoms with Gasteiger partial charge in [0.25, 0.3) is 0 Å². The third-order valence-corrected chi connectivity index (χ3v) is 7.86. The number of amides is 2. The summed E-state index contributed by atoms with van der Waals surface area (Å²) in [6, 6.07) is -0.118. The fourth-order valence-electron chi connectivity index (χ4n) is 5.76. The number of hydrogen-bond acceptors (Lipinski definition) is 7. The van der Waals surface area contributed by atoms with Crippen LogP contribution in [-0.2, 0) is 16.1 Å². The Kier molecular flexibility index (Phi) is 5.28. The minimum atomic E-state index is -0.306. The van der Waals surface area contributed by atoms with Crippen LogP contribution in [0.25, 0.3) is 0 Å². The van der Waals surface area contributed by atoms with Gasteiger partial charge in [0, 0.05) is 63.0 Å². The molecule has 0 radical (unpaired) electrons. The molecule has 1 aromatic heterocycles. The first kappa shape index (κ1) is 19.4. The molecule has 2 amide bonds. The maximum Gasteiger partial charge on any atom is 0.245 e. The molecular weight excluding hydrogens is 390 g/mol. The fraction of sp³-hybridized carbons (Fsp3) is 0.800. The van der Waals surface area contributed by atoms with Crippen molar-refractivity contribution in [1.29, 1.82) is 0 Å². The van der Waals surface area contributed by atoms with Gasteiger partial charge in [-0.3, -0.25) is 14.5 Å². The smallest absolute Gasteiger partial charge is 0.245 e. The number of nitrogens with zero attached hydrogens (tertiary/aromatic N) is 5. The van der Waals surface area contributed by atoms with E-state index in [1.165, 1.54) is 0 Å². The first-order chi connectivity index (χ1) is 14.1. The van der Waals surface area contributed by atoms with Crippen LogP contribution in [0.3, 0.4) is 0 Å². The van der Waals surface area contributed by atoms with Crippen molar-refractivity contribution in [2.75, 3.05) is 37.7 Å². The molecular formula is C20H29N5O3S. The van der Waals surface area contributed by atoms with E-state index in [1.54, 1.807) is 6.92 Å². The minimum absolute atomic E-state index is 0.171. The maximum absolute atomic E-state index is 13.6. The van der Waals surface area contributed by atoms with Crippen molar-refractivity contribution in [3.8, 4) is 0 Å².